The Kier molecular flexibility index (Phi) is 7.31. The van der Waals surface area contributed by atoms with Crippen molar-refractivity contribution in [2.75, 3.05) is 21.3 Å². The van der Waals surface area contributed by atoms with Crippen LogP contribution in [0.4, 0.5) is 0 Å². The maximum absolute atomic E-state index is 13.0. The molecule has 5 aromatic carbocycles. The number of benzene rings is 5. The lowest BCUT2D eigenvalue weighted by Gasteiger charge is -2.35. The lowest BCUT2D eigenvalue weighted by atomic mass is 9.67. The molecule has 0 aliphatic heterocycles. The first-order valence-corrected chi connectivity index (χ1v) is 14.0. The molecule has 5 aromatic rings. The number of carbonyl (C=O) groups is 1. The van der Waals surface area contributed by atoms with Crippen LogP contribution in [0.15, 0.2) is 103 Å². The van der Waals surface area contributed by atoms with E-state index in [0.717, 1.165) is 33.4 Å². The summed E-state index contributed by atoms with van der Waals surface area (Å²) in [7, 11) is 4.65. The second kappa shape index (κ2) is 11.1. The fourth-order valence-electron chi connectivity index (χ4n) is 5.92. The molecule has 0 spiro atoms. The van der Waals surface area contributed by atoms with Crippen LogP contribution in [0.5, 0.6) is 23.0 Å². The number of hydrogen-bond donors (Lipinski definition) is 0. The first-order valence-electron chi connectivity index (χ1n) is 13.2. The van der Waals surface area contributed by atoms with E-state index in [1.165, 1.54) is 7.11 Å². The Balaban J connectivity index is 1.64. The van der Waals surface area contributed by atoms with Crippen LogP contribution in [-0.4, -0.2) is 27.3 Å². The smallest absolute Gasteiger partial charge is 0.343 e. The normalized spacial score (nSPS) is 12.7. The Bertz CT molecular complexity index is 1770. The minimum absolute atomic E-state index is 0.136. The number of halogens is 2. The highest BCUT2D eigenvalue weighted by molar-refractivity contribution is 6.33. The molecule has 0 bridgehead atoms. The number of rotatable bonds is 7. The fraction of sp³-hybridized carbons (Fsp3) is 0.114. The van der Waals surface area contributed by atoms with E-state index in [2.05, 4.69) is 24.3 Å². The third-order valence-corrected chi connectivity index (χ3v) is 8.25. The van der Waals surface area contributed by atoms with Crippen LogP contribution in [0.1, 0.15) is 32.6 Å². The molecule has 0 fully saturated rings. The molecule has 0 aromatic heterocycles. The lowest BCUT2D eigenvalue weighted by Crippen LogP contribution is -2.29. The highest BCUT2D eigenvalue weighted by atomic mass is 35.5. The van der Waals surface area contributed by atoms with E-state index in [9.17, 15) is 4.79 Å². The second-order valence-corrected chi connectivity index (χ2v) is 10.6. The molecule has 0 saturated heterocycles. The molecule has 0 unspecified atom stereocenters. The van der Waals surface area contributed by atoms with Crippen molar-refractivity contribution < 1.29 is 23.7 Å². The lowest BCUT2D eigenvalue weighted by molar-refractivity contribution is 0.0729. The Morgan fingerprint density at radius 2 is 1.07 bits per heavy atom. The summed E-state index contributed by atoms with van der Waals surface area (Å²) in [5.74, 6) is 0.844. The highest BCUT2D eigenvalue weighted by Gasteiger charge is 2.47. The fourth-order valence-corrected chi connectivity index (χ4v) is 6.46. The second-order valence-electron chi connectivity index (χ2n) is 9.78. The van der Waals surface area contributed by atoms with Gasteiger partial charge in [-0.15, -0.1) is 0 Å². The zero-order chi connectivity index (χ0) is 29.4. The Hall–Kier alpha value is -4.45. The Morgan fingerprint density at radius 1 is 0.595 bits per heavy atom. The highest BCUT2D eigenvalue weighted by Crippen LogP contribution is 2.58. The summed E-state index contributed by atoms with van der Waals surface area (Å²) in [6.45, 7) is 0. The van der Waals surface area contributed by atoms with Gasteiger partial charge in [-0.2, -0.15) is 0 Å². The minimum Gasteiger partial charge on any atom is -0.493 e. The summed E-state index contributed by atoms with van der Waals surface area (Å²) in [6, 6.07) is 32.7. The van der Waals surface area contributed by atoms with Gasteiger partial charge in [0.1, 0.15) is 0 Å². The molecular formula is C35H26Cl2O5. The van der Waals surface area contributed by atoms with Crippen molar-refractivity contribution in [2.24, 2.45) is 0 Å². The summed E-state index contributed by atoms with van der Waals surface area (Å²) in [5, 5.41) is 0.626. The zero-order valence-electron chi connectivity index (χ0n) is 23.1. The third kappa shape index (κ3) is 4.28. The molecule has 0 N–H and O–H groups in total. The maximum Gasteiger partial charge on any atom is 0.343 e. The summed E-state index contributed by atoms with van der Waals surface area (Å²) >= 11 is 13.7. The molecule has 5 nitrogen and oxygen atoms in total. The minimum atomic E-state index is -0.880. The van der Waals surface area contributed by atoms with E-state index < -0.39 is 11.4 Å². The molecule has 0 amide bonds. The van der Waals surface area contributed by atoms with Gasteiger partial charge in [0.05, 0.1) is 42.4 Å². The first kappa shape index (κ1) is 27.7. The van der Waals surface area contributed by atoms with Gasteiger partial charge in [-0.3, -0.25) is 0 Å². The van der Waals surface area contributed by atoms with Crippen LogP contribution in [0.3, 0.4) is 0 Å². The molecule has 1 aliphatic rings. The van der Waals surface area contributed by atoms with Gasteiger partial charge in [0.25, 0.3) is 0 Å². The summed E-state index contributed by atoms with van der Waals surface area (Å²) in [4.78, 5) is 13.0. The summed E-state index contributed by atoms with van der Waals surface area (Å²) < 4.78 is 22.9. The zero-order valence-corrected chi connectivity index (χ0v) is 24.6. The summed E-state index contributed by atoms with van der Waals surface area (Å²) in [6.07, 6.45) is 0. The van der Waals surface area contributed by atoms with Crippen molar-refractivity contribution in [3.05, 3.63) is 141 Å². The van der Waals surface area contributed by atoms with E-state index in [4.69, 9.17) is 42.1 Å². The van der Waals surface area contributed by atoms with Crippen LogP contribution in [0.2, 0.25) is 10.0 Å². The molecule has 42 heavy (non-hydrogen) atoms. The van der Waals surface area contributed by atoms with Crippen molar-refractivity contribution in [2.45, 2.75) is 5.41 Å². The molecule has 0 atom stereocenters. The van der Waals surface area contributed by atoms with Crippen molar-refractivity contribution in [1.82, 2.24) is 0 Å². The van der Waals surface area contributed by atoms with Crippen LogP contribution in [-0.2, 0) is 5.41 Å². The van der Waals surface area contributed by atoms with E-state index in [1.54, 1.807) is 38.5 Å². The molecule has 6 rings (SSSR count). The van der Waals surface area contributed by atoms with Crippen LogP contribution in [0.25, 0.3) is 11.1 Å². The largest absolute Gasteiger partial charge is 0.493 e. The predicted molar refractivity (Wildman–Crippen MR) is 165 cm³/mol. The van der Waals surface area contributed by atoms with Crippen LogP contribution < -0.4 is 18.9 Å². The number of hydrogen-bond acceptors (Lipinski definition) is 5. The average molecular weight is 597 g/mol. The van der Waals surface area contributed by atoms with Gasteiger partial charge in [-0.05, 0) is 69.8 Å². The van der Waals surface area contributed by atoms with Gasteiger partial charge in [0.15, 0.2) is 23.0 Å². The van der Waals surface area contributed by atoms with Crippen LogP contribution >= 0.6 is 23.2 Å². The van der Waals surface area contributed by atoms with Gasteiger partial charge in [-0.1, -0.05) is 89.9 Å². The van der Waals surface area contributed by atoms with Gasteiger partial charge in [0, 0.05) is 0 Å². The monoisotopic (exact) mass is 596 g/mol. The quantitative estimate of drug-likeness (QED) is 0.136. The first-order chi connectivity index (χ1) is 20.4. The number of methoxy groups -OCH3 is 3. The standard InChI is InChI=1S/C35H26Cl2O5/c1-39-30-19-22(17-28(36)32(30)41-3)35(26-15-9-7-13-24(26)25-14-8-10-16-27(25)35)23-18-29(37)33(31(20-23)40-2)42-34(38)21-11-5-4-6-12-21/h4-20H,1-3H3. The average Bonchev–Trinajstić information content (AvgIpc) is 3.33. The Morgan fingerprint density at radius 3 is 1.60 bits per heavy atom. The maximum atomic E-state index is 13.0. The van der Waals surface area contributed by atoms with Crippen LogP contribution in [0, 0.1) is 0 Å². The van der Waals surface area contributed by atoms with Crippen molar-refractivity contribution in [1.29, 1.82) is 0 Å². The molecule has 210 valence electrons. The van der Waals surface area contributed by atoms with E-state index in [1.807, 2.05) is 54.6 Å². The molecule has 0 heterocycles. The Labute approximate surface area is 254 Å². The summed E-state index contributed by atoms with van der Waals surface area (Å²) in [5.41, 5.74) is 5.37. The van der Waals surface area contributed by atoms with Gasteiger partial charge >= 0.3 is 5.97 Å². The van der Waals surface area contributed by atoms with E-state index >= 15 is 0 Å². The SMILES string of the molecule is COc1cc(C2(c3cc(Cl)c(OC(=O)c4ccccc4)c(OC)c3)c3ccccc3-c3ccccc32)cc(Cl)c1OC. The number of carbonyl (C=O) groups excluding carboxylic acids is 1. The topological polar surface area (TPSA) is 54.0 Å². The third-order valence-electron chi connectivity index (χ3n) is 7.69. The molecule has 1 aliphatic carbocycles. The molecule has 0 radical (unpaired) electrons. The number of ether oxygens (including phenoxy) is 4. The van der Waals surface area contributed by atoms with Gasteiger partial charge in [0.2, 0.25) is 0 Å². The number of esters is 1. The van der Waals surface area contributed by atoms with Gasteiger partial charge in [-0.25, -0.2) is 4.79 Å². The molecule has 0 saturated carbocycles. The van der Waals surface area contributed by atoms with E-state index in [0.29, 0.717) is 27.8 Å². The molecule has 7 heteroatoms. The predicted octanol–water partition coefficient (Wildman–Crippen LogP) is 8.60. The van der Waals surface area contributed by atoms with Crippen molar-refractivity contribution in [3.8, 4) is 34.1 Å². The van der Waals surface area contributed by atoms with Crippen molar-refractivity contribution >= 4 is 29.2 Å². The molecular weight excluding hydrogens is 571 g/mol. The van der Waals surface area contributed by atoms with Crippen molar-refractivity contribution in [3.63, 3.8) is 0 Å². The van der Waals surface area contributed by atoms with E-state index in [-0.39, 0.29) is 10.8 Å². The van der Waals surface area contributed by atoms with Gasteiger partial charge < -0.3 is 18.9 Å². The number of fused-ring (bicyclic) bond motifs is 3.